The van der Waals surface area contributed by atoms with E-state index in [4.69, 9.17) is 33.0 Å². The third-order valence-corrected chi connectivity index (χ3v) is 7.53. The van der Waals surface area contributed by atoms with Gasteiger partial charge in [0.1, 0.15) is 11.5 Å². The molecule has 0 fully saturated rings. The van der Waals surface area contributed by atoms with Gasteiger partial charge in [-0.05, 0) is 61.2 Å². The van der Waals surface area contributed by atoms with Crippen LogP contribution in [0.1, 0.15) is 25.3 Å². The van der Waals surface area contributed by atoms with Crippen molar-refractivity contribution in [3.63, 3.8) is 0 Å². The van der Waals surface area contributed by atoms with Crippen LogP contribution in [0.2, 0.25) is 10.0 Å². The summed E-state index contributed by atoms with van der Waals surface area (Å²) < 4.78 is 32.7. The average molecular weight is 510 g/mol. The maximum absolute atomic E-state index is 12.5. The Morgan fingerprint density at radius 1 is 1.00 bits per heavy atom. The zero-order valence-corrected chi connectivity index (χ0v) is 20.7. The van der Waals surface area contributed by atoms with Crippen LogP contribution in [0.25, 0.3) is 11.1 Å². The monoisotopic (exact) mass is 509 g/mol. The van der Waals surface area contributed by atoms with Crippen molar-refractivity contribution in [3.8, 4) is 22.6 Å². The number of aliphatic hydroxyl groups excluding tert-OH is 1. The normalized spacial score (nSPS) is 11.5. The predicted octanol–water partition coefficient (Wildman–Crippen LogP) is 5.26. The summed E-state index contributed by atoms with van der Waals surface area (Å²) in [7, 11) is -1.90. The quantitative estimate of drug-likeness (QED) is 0.397. The van der Waals surface area contributed by atoms with E-state index in [1.165, 1.54) is 22.8 Å². The Labute approximate surface area is 203 Å². The molecule has 1 N–H and O–H groups in total. The van der Waals surface area contributed by atoms with Crippen molar-refractivity contribution in [3.05, 3.63) is 74.6 Å². The molecule has 0 radical (unpaired) electrons. The van der Waals surface area contributed by atoms with E-state index in [0.29, 0.717) is 40.5 Å². The van der Waals surface area contributed by atoms with E-state index >= 15 is 0 Å². The molecule has 0 saturated carbocycles. The molecule has 0 aliphatic heterocycles. The molecular weight excluding hydrogens is 485 g/mol. The molecule has 9 heteroatoms. The molecule has 3 rings (SSSR count). The van der Waals surface area contributed by atoms with Crippen LogP contribution >= 0.6 is 23.2 Å². The van der Waals surface area contributed by atoms with Crippen LogP contribution in [-0.2, 0) is 23.3 Å². The molecule has 176 valence electrons. The molecule has 0 aliphatic rings. The number of rotatable bonds is 9. The molecule has 33 heavy (non-hydrogen) atoms. The smallest absolute Gasteiger partial charge is 0.251 e. The zero-order chi connectivity index (χ0) is 24.2. The first-order chi connectivity index (χ1) is 15.7. The Balaban J connectivity index is 2.15. The summed E-state index contributed by atoms with van der Waals surface area (Å²) in [5, 5.41) is 9.85. The molecule has 0 bridgehead atoms. The second-order valence-corrected chi connectivity index (χ2v) is 10.7. The van der Waals surface area contributed by atoms with Crippen LogP contribution in [0.3, 0.4) is 0 Å². The standard InChI is InChI=1S/C24H25Cl2NO5S/c1-3-33(30,31)18-8-10-23(19(13-18)20-15-27(2)24(29)14-21(20)26)32-22-9-7-17(25)12-16(22)6-4-5-11-28/h7-10,12-15,28H,3-6,11H2,1-2H3. The zero-order valence-electron chi connectivity index (χ0n) is 18.3. The average Bonchev–Trinajstić information content (AvgIpc) is 2.78. The van der Waals surface area contributed by atoms with Gasteiger partial charge in [-0.2, -0.15) is 0 Å². The number of aromatic nitrogens is 1. The fourth-order valence-electron chi connectivity index (χ4n) is 3.36. The van der Waals surface area contributed by atoms with Crippen LogP contribution in [-0.4, -0.2) is 30.5 Å². The Morgan fingerprint density at radius 2 is 1.73 bits per heavy atom. The number of nitrogens with zero attached hydrogens (tertiary/aromatic N) is 1. The van der Waals surface area contributed by atoms with Gasteiger partial charge in [0.15, 0.2) is 9.84 Å². The summed E-state index contributed by atoms with van der Waals surface area (Å²) in [6.45, 7) is 1.67. The number of sulfone groups is 1. The number of halogens is 2. The lowest BCUT2D eigenvalue weighted by atomic mass is 10.1. The lowest BCUT2D eigenvalue weighted by molar-refractivity contribution is 0.284. The maximum Gasteiger partial charge on any atom is 0.251 e. The minimum Gasteiger partial charge on any atom is -0.456 e. The Morgan fingerprint density at radius 3 is 2.42 bits per heavy atom. The second kappa shape index (κ2) is 10.7. The molecule has 0 spiro atoms. The van der Waals surface area contributed by atoms with Gasteiger partial charge in [0.05, 0.1) is 15.7 Å². The fourth-order valence-corrected chi connectivity index (χ4v) is 4.71. The Kier molecular flexibility index (Phi) is 8.23. The van der Waals surface area contributed by atoms with Crippen molar-refractivity contribution in [1.82, 2.24) is 4.57 Å². The van der Waals surface area contributed by atoms with Crippen LogP contribution in [0.5, 0.6) is 11.5 Å². The topological polar surface area (TPSA) is 85.6 Å². The number of benzene rings is 2. The minimum absolute atomic E-state index is 0.0557. The highest BCUT2D eigenvalue weighted by molar-refractivity contribution is 7.91. The number of aliphatic hydroxyl groups is 1. The van der Waals surface area contributed by atoms with Gasteiger partial charge in [-0.1, -0.05) is 30.1 Å². The van der Waals surface area contributed by atoms with Crippen LogP contribution in [0.15, 0.2) is 58.4 Å². The van der Waals surface area contributed by atoms with Crippen LogP contribution in [0.4, 0.5) is 0 Å². The van der Waals surface area contributed by atoms with Crippen molar-refractivity contribution in [1.29, 1.82) is 0 Å². The van der Waals surface area contributed by atoms with Gasteiger partial charge in [0.2, 0.25) is 0 Å². The minimum atomic E-state index is -3.49. The lowest BCUT2D eigenvalue weighted by Gasteiger charge is -2.17. The van der Waals surface area contributed by atoms with Gasteiger partial charge < -0.3 is 14.4 Å². The highest BCUT2D eigenvalue weighted by Gasteiger charge is 2.19. The van der Waals surface area contributed by atoms with Crippen LogP contribution in [0, 0.1) is 0 Å². The van der Waals surface area contributed by atoms with Gasteiger partial charge >= 0.3 is 0 Å². The number of aryl methyl sites for hydroxylation is 2. The summed E-state index contributed by atoms with van der Waals surface area (Å²) in [5.41, 5.74) is 1.49. The van der Waals surface area contributed by atoms with Gasteiger partial charge in [-0.3, -0.25) is 4.79 Å². The third-order valence-electron chi connectivity index (χ3n) is 5.25. The molecule has 1 aromatic heterocycles. The highest BCUT2D eigenvalue weighted by Crippen LogP contribution is 2.39. The fraction of sp³-hybridized carbons (Fsp3) is 0.292. The van der Waals surface area contributed by atoms with Gasteiger partial charge in [-0.25, -0.2) is 8.42 Å². The molecule has 0 saturated heterocycles. The molecule has 0 aliphatic carbocycles. The maximum atomic E-state index is 12.5. The number of ether oxygens (including phenoxy) is 1. The van der Waals surface area contributed by atoms with E-state index in [-0.39, 0.29) is 27.8 Å². The van der Waals surface area contributed by atoms with E-state index in [0.717, 1.165) is 12.0 Å². The van der Waals surface area contributed by atoms with Crippen molar-refractivity contribution in [2.24, 2.45) is 7.05 Å². The van der Waals surface area contributed by atoms with Gasteiger partial charge in [0, 0.05) is 42.1 Å². The number of pyridine rings is 1. The largest absolute Gasteiger partial charge is 0.456 e. The number of hydrogen-bond donors (Lipinski definition) is 1. The van der Waals surface area contributed by atoms with Gasteiger partial charge in [-0.15, -0.1) is 0 Å². The second-order valence-electron chi connectivity index (χ2n) is 7.58. The summed E-state index contributed by atoms with van der Waals surface area (Å²) >= 11 is 12.6. The molecule has 0 atom stereocenters. The van der Waals surface area contributed by atoms with Crippen molar-refractivity contribution >= 4 is 33.0 Å². The first kappa shape index (κ1) is 25.3. The van der Waals surface area contributed by atoms with Crippen molar-refractivity contribution < 1.29 is 18.3 Å². The van der Waals surface area contributed by atoms with E-state index < -0.39 is 9.84 Å². The Bertz CT molecular complexity index is 1320. The van der Waals surface area contributed by atoms with E-state index in [1.54, 1.807) is 38.4 Å². The molecule has 2 aromatic carbocycles. The number of hydrogen-bond acceptors (Lipinski definition) is 5. The summed E-state index contributed by atoms with van der Waals surface area (Å²) in [6.07, 6.45) is 3.60. The van der Waals surface area contributed by atoms with Crippen molar-refractivity contribution in [2.45, 2.75) is 31.1 Å². The molecule has 1 heterocycles. The van der Waals surface area contributed by atoms with E-state index in [1.807, 2.05) is 6.07 Å². The van der Waals surface area contributed by atoms with Crippen LogP contribution < -0.4 is 10.3 Å². The third kappa shape index (κ3) is 5.98. The molecular formula is C24H25Cl2NO5S. The molecule has 0 unspecified atom stereocenters. The van der Waals surface area contributed by atoms with E-state index in [2.05, 4.69) is 0 Å². The summed E-state index contributed by atoms with van der Waals surface area (Å²) in [6, 6.07) is 11.1. The molecule has 0 amide bonds. The molecule has 3 aromatic rings. The summed E-state index contributed by atoms with van der Waals surface area (Å²) in [4.78, 5) is 12.1. The predicted molar refractivity (Wildman–Crippen MR) is 131 cm³/mol. The first-order valence-corrected chi connectivity index (χ1v) is 12.9. The molecule has 6 nitrogen and oxygen atoms in total. The van der Waals surface area contributed by atoms with Gasteiger partial charge in [0.25, 0.3) is 5.56 Å². The lowest BCUT2D eigenvalue weighted by Crippen LogP contribution is -2.15. The number of unbranched alkanes of at least 4 members (excludes halogenated alkanes) is 1. The first-order valence-electron chi connectivity index (χ1n) is 10.5. The van der Waals surface area contributed by atoms with Crippen molar-refractivity contribution in [2.75, 3.05) is 12.4 Å². The summed E-state index contributed by atoms with van der Waals surface area (Å²) in [5.74, 6) is 0.891. The highest BCUT2D eigenvalue weighted by atomic mass is 35.5. The SMILES string of the molecule is CCS(=O)(=O)c1ccc(Oc2ccc(Cl)cc2CCCCO)c(-c2cn(C)c(=O)cc2Cl)c1. The van der Waals surface area contributed by atoms with E-state index in [9.17, 15) is 13.2 Å². The Hall–Kier alpha value is -2.32.